The van der Waals surface area contributed by atoms with Crippen LogP contribution < -0.4 is 10.9 Å². The lowest BCUT2D eigenvalue weighted by Crippen LogP contribution is -2.46. The van der Waals surface area contributed by atoms with Crippen LogP contribution in [-0.4, -0.2) is 33.1 Å². The minimum Gasteiger partial charge on any atom is -0.464 e. The third-order valence-corrected chi connectivity index (χ3v) is 2.51. The van der Waals surface area contributed by atoms with Gasteiger partial charge in [-0.05, 0) is 6.92 Å². The van der Waals surface area contributed by atoms with E-state index in [1.165, 1.54) is 6.92 Å². The van der Waals surface area contributed by atoms with Crippen molar-refractivity contribution in [1.82, 2.24) is 10.9 Å². The molecule has 1 atom stereocenters. The molecule has 1 unspecified atom stereocenters. The summed E-state index contributed by atoms with van der Waals surface area (Å²) in [6, 6.07) is 1.83. The number of carboxylic acid groups (broad SMARTS) is 1. The van der Waals surface area contributed by atoms with Gasteiger partial charge in [0.1, 0.15) is 12.6 Å². The number of nitro benzene ring substituents is 2. The quantitative estimate of drug-likeness (QED) is 0.369. The summed E-state index contributed by atoms with van der Waals surface area (Å²) in [5.74, 6) is -0.854. The number of hydrogen-bond donors (Lipinski definition) is 3. The molecular formula is C11H12N4O8. The number of nitrogens with zero attached hydrogens (tertiary/aromatic N) is 2. The molecule has 0 aliphatic rings. The lowest BCUT2D eigenvalue weighted by molar-refractivity contribution is -0.394. The molecule has 0 aliphatic heterocycles. The lowest BCUT2D eigenvalue weighted by atomic mass is 10.2. The zero-order valence-electron chi connectivity index (χ0n) is 11.7. The van der Waals surface area contributed by atoms with E-state index in [2.05, 4.69) is 5.43 Å². The molecule has 0 saturated heterocycles. The van der Waals surface area contributed by atoms with Crippen LogP contribution in [0.15, 0.2) is 18.2 Å². The largest absolute Gasteiger partial charge is 0.464 e. The highest BCUT2D eigenvalue weighted by Gasteiger charge is 2.19. The predicted molar refractivity (Wildman–Crippen MR) is 73.3 cm³/mol. The first kappa shape index (κ1) is 17.8. The first-order valence-electron chi connectivity index (χ1n) is 6.04. The Morgan fingerprint density at radius 1 is 1.22 bits per heavy atom. The van der Waals surface area contributed by atoms with Crippen LogP contribution >= 0.6 is 0 Å². The van der Waals surface area contributed by atoms with Crippen LogP contribution in [0.4, 0.5) is 16.2 Å². The highest BCUT2D eigenvalue weighted by atomic mass is 16.6. The van der Waals surface area contributed by atoms with Gasteiger partial charge in [0.15, 0.2) is 0 Å². The average Bonchev–Trinajstić information content (AvgIpc) is 2.49. The van der Waals surface area contributed by atoms with Gasteiger partial charge in [0.2, 0.25) is 0 Å². The minimum atomic E-state index is -1.40. The van der Waals surface area contributed by atoms with E-state index in [0.29, 0.717) is 0 Å². The van der Waals surface area contributed by atoms with Crippen LogP contribution in [0.3, 0.4) is 0 Å². The second-order valence-corrected chi connectivity index (χ2v) is 4.28. The van der Waals surface area contributed by atoms with Gasteiger partial charge in [0.25, 0.3) is 11.4 Å². The van der Waals surface area contributed by atoms with Crippen molar-refractivity contribution in [2.75, 3.05) is 0 Å². The Morgan fingerprint density at radius 3 is 2.17 bits per heavy atom. The number of carbonyl (C=O) groups is 2. The van der Waals surface area contributed by atoms with Crippen molar-refractivity contribution >= 4 is 23.4 Å². The summed E-state index contributed by atoms with van der Waals surface area (Å²) < 4.78 is 4.81. The minimum absolute atomic E-state index is 0.0534. The molecule has 0 fully saturated rings. The van der Waals surface area contributed by atoms with E-state index in [-0.39, 0.29) is 5.56 Å². The molecule has 12 heteroatoms. The molecule has 0 aromatic heterocycles. The molecule has 0 heterocycles. The number of ether oxygens (including phenoxy) is 1. The summed E-state index contributed by atoms with van der Waals surface area (Å²) in [4.78, 5) is 41.7. The SMILES string of the molecule is CC(NNC(=O)O)C(=O)OCc1cc([N+](=O)[O-])cc([N+](=O)[O-])c1. The van der Waals surface area contributed by atoms with Crippen molar-refractivity contribution in [3.63, 3.8) is 0 Å². The van der Waals surface area contributed by atoms with Crippen LogP contribution in [0.2, 0.25) is 0 Å². The molecule has 1 aromatic rings. The normalized spacial score (nSPS) is 11.3. The molecular weight excluding hydrogens is 316 g/mol. The first-order chi connectivity index (χ1) is 10.7. The van der Waals surface area contributed by atoms with Crippen LogP contribution in [-0.2, 0) is 16.1 Å². The summed E-state index contributed by atoms with van der Waals surface area (Å²) in [6.07, 6.45) is -1.40. The standard InChI is InChI=1S/C11H12N4O8/c1-6(12-13-11(17)18)10(16)23-5-7-2-8(14(19)20)4-9(3-7)15(21)22/h2-4,6,12-13H,5H2,1H3,(H,17,18). The lowest BCUT2D eigenvalue weighted by Gasteiger charge is -2.12. The number of amides is 1. The number of rotatable bonds is 7. The van der Waals surface area contributed by atoms with E-state index in [9.17, 15) is 29.8 Å². The van der Waals surface area contributed by atoms with E-state index in [1.54, 1.807) is 5.43 Å². The van der Waals surface area contributed by atoms with Gasteiger partial charge in [-0.3, -0.25) is 30.4 Å². The van der Waals surface area contributed by atoms with E-state index >= 15 is 0 Å². The van der Waals surface area contributed by atoms with Crippen LogP contribution in [0.25, 0.3) is 0 Å². The number of nitrogens with one attached hydrogen (secondary N) is 2. The second kappa shape index (κ2) is 7.65. The van der Waals surface area contributed by atoms with Crippen molar-refractivity contribution in [3.05, 3.63) is 44.0 Å². The first-order valence-corrected chi connectivity index (χ1v) is 6.04. The van der Waals surface area contributed by atoms with Gasteiger partial charge in [-0.15, -0.1) is 0 Å². The molecule has 1 rings (SSSR count). The molecule has 1 aromatic carbocycles. The molecule has 0 aliphatic carbocycles. The van der Waals surface area contributed by atoms with Gasteiger partial charge in [-0.2, -0.15) is 0 Å². The predicted octanol–water partition coefficient (Wildman–Crippen LogP) is 0.707. The fourth-order valence-electron chi connectivity index (χ4n) is 1.46. The number of nitro groups is 2. The number of benzene rings is 1. The summed E-state index contributed by atoms with van der Waals surface area (Å²) in [7, 11) is 0. The Hall–Kier alpha value is -3.28. The maximum absolute atomic E-state index is 11.6. The number of carbonyl (C=O) groups excluding carboxylic acids is 1. The average molecular weight is 328 g/mol. The molecule has 0 spiro atoms. The summed E-state index contributed by atoms with van der Waals surface area (Å²) in [6.45, 7) is 0.870. The van der Waals surface area contributed by atoms with Crippen molar-refractivity contribution in [2.45, 2.75) is 19.6 Å². The highest BCUT2D eigenvalue weighted by Crippen LogP contribution is 2.23. The van der Waals surface area contributed by atoms with Gasteiger partial charge < -0.3 is 9.84 Å². The topological polar surface area (TPSA) is 174 Å². The molecule has 23 heavy (non-hydrogen) atoms. The molecule has 1 amide bonds. The number of non-ortho nitro benzene ring substituents is 2. The maximum Gasteiger partial charge on any atom is 0.419 e. The second-order valence-electron chi connectivity index (χ2n) is 4.28. The van der Waals surface area contributed by atoms with Crippen LogP contribution in [0.1, 0.15) is 12.5 Å². The van der Waals surface area contributed by atoms with Gasteiger partial charge >= 0.3 is 12.1 Å². The zero-order valence-corrected chi connectivity index (χ0v) is 11.7. The van der Waals surface area contributed by atoms with Crippen LogP contribution in [0, 0.1) is 20.2 Å². The molecule has 0 saturated carbocycles. The van der Waals surface area contributed by atoms with Gasteiger partial charge in [-0.1, -0.05) is 0 Å². The highest BCUT2D eigenvalue weighted by molar-refractivity contribution is 5.75. The zero-order chi connectivity index (χ0) is 17.6. The van der Waals surface area contributed by atoms with E-state index in [4.69, 9.17) is 9.84 Å². The van der Waals surface area contributed by atoms with Gasteiger partial charge in [0, 0.05) is 17.7 Å². The fraction of sp³-hybridized carbons (Fsp3) is 0.273. The van der Waals surface area contributed by atoms with Crippen LogP contribution in [0.5, 0.6) is 0 Å². The van der Waals surface area contributed by atoms with Crippen molar-refractivity contribution in [1.29, 1.82) is 0 Å². The monoisotopic (exact) mass is 328 g/mol. The Labute approximate surface area is 128 Å². The fourth-order valence-corrected chi connectivity index (χ4v) is 1.46. The number of hydrogen-bond acceptors (Lipinski definition) is 8. The van der Waals surface area contributed by atoms with E-state index in [1.807, 2.05) is 0 Å². The molecule has 124 valence electrons. The van der Waals surface area contributed by atoms with E-state index < -0.39 is 45.9 Å². The Morgan fingerprint density at radius 2 is 1.74 bits per heavy atom. The molecule has 3 N–H and O–H groups in total. The number of hydrazine groups is 1. The summed E-state index contributed by atoms with van der Waals surface area (Å²) in [5, 5.41) is 29.8. The van der Waals surface area contributed by atoms with E-state index in [0.717, 1.165) is 18.2 Å². The van der Waals surface area contributed by atoms with Gasteiger partial charge in [0.05, 0.1) is 15.9 Å². The molecule has 12 nitrogen and oxygen atoms in total. The van der Waals surface area contributed by atoms with Crippen molar-refractivity contribution < 1.29 is 29.3 Å². The Bertz CT molecular complexity index is 615. The summed E-state index contributed by atoms with van der Waals surface area (Å²) in [5.41, 5.74) is 2.93. The third kappa shape index (κ3) is 5.55. The molecule has 0 radical (unpaired) electrons. The molecule has 0 bridgehead atoms. The van der Waals surface area contributed by atoms with Crippen molar-refractivity contribution in [2.24, 2.45) is 0 Å². The smallest absolute Gasteiger partial charge is 0.419 e. The summed E-state index contributed by atoms with van der Waals surface area (Å²) >= 11 is 0. The van der Waals surface area contributed by atoms with Gasteiger partial charge in [-0.25, -0.2) is 10.2 Å². The Kier molecular flexibility index (Phi) is 5.91. The Balaban J connectivity index is 2.76. The maximum atomic E-state index is 11.6. The third-order valence-electron chi connectivity index (χ3n) is 2.51. The van der Waals surface area contributed by atoms with Crippen molar-refractivity contribution in [3.8, 4) is 0 Å². The number of esters is 1.